The first kappa shape index (κ1) is 15.6. The minimum Gasteiger partial charge on any atom is -0.355 e. The van der Waals surface area contributed by atoms with Gasteiger partial charge in [0.15, 0.2) is 0 Å². The van der Waals surface area contributed by atoms with Crippen molar-refractivity contribution in [3.05, 3.63) is 35.9 Å². The highest BCUT2D eigenvalue weighted by atomic mass is 16.1. The van der Waals surface area contributed by atoms with Crippen molar-refractivity contribution in [3.63, 3.8) is 0 Å². The van der Waals surface area contributed by atoms with Crippen molar-refractivity contribution in [2.75, 3.05) is 6.54 Å². The van der Waals surface area contributed by atoms with Crippen LogP contribution in [0.15, 0.2) is 30.3 Å². The molecule has 1 aliphatic rings. The molecule has 3 atom stereocenters. The van der Waals surface area contributed by atoms with Gasteiger partial charge in [-0.15, -0.1) is 0 Å². The summed E-state index contributed by atoms with van der Waals surface area (Å²) in [6.45, 7) is 2.99. The SMILES string of the molecule is CC1CCCC(CCNC(=O)C(C#N)c2ccccc2)C1. The Morgan fingerprint density at radius 1 is 1.38 bits per heavy atom. The molecule has 2 rings (SSSR count). The van der Waals surface area contributed by atoms with Crippen LogP contribution < -0.4 is 5.32 Å². The lowest BCUT2D eigenvalue weighted by Crippen LogP contribution is -2.31. The summed E-state index contributed by atoms with van der Waals surface area (Å²) in [6, 6.07) is 11.4. The number of hydrogen-bond donors (Lipinski definition) is 1. The normalized spacial score (nSPS) is 23.0. The third-order valence-corrected chi connectivity index (χ3v) is 4.42. The maximum Gasteiger partial charge on any atom is 0.241 e. The minimum atomic E-state index is -0.698. The lowest BCUT2D eigenvalue weighted by Gasteiger charge is -2.26. The number of amides is 1. The van der Waals surface area contributed by atoms with Crippen LogP contribution in [0.25, 0.3) is 0 Å². The van der Waals surface area contributed by atoms with Gasteiger partial charge in [-0.3, -0.25) is 4.79 Å². The molecule has 1 aliphatic carbocycles. The molecule has 0 bridgehead atoms. The Labute approximate surface area is 127 Å². The van der Waals surface area contributed by atoms with E-state index in [1.54, 1.807) is 0 Å². The third kappa shape index (κ3) is 4.60. The Kier molecular flexibility index (Phi) is 5.80. The number of hydrogen-bond acceptors (Lipinski definition) is 2. The fourth-order valence-electron chi connectivity index (χ4n) is 3.25. The summed E-state index contributed by atoms with van der Waals surface area (Å²) >= 11 is 0. The summed E-state index contributed by atoms with van der Waals surface area (Å²) in [7, 11) is 0. The van der Waals surface area contributed by atoms with Gasteiger partial charge < -0.3 is 5.32 Å². The smallest absolute Gasteiger partial charge is 0.241 e. The molecule has 1 amide bonds. The van der Waals surface area contributed by atoms with E-state index in [0.29, 0.717) is 6.54 Å². The van der Waals surface area contributed by atoms with Crippen LogP contribution >= 0.6 is 0 Å². The van der Waals surface area contributed by atoms with E-state index in [1.807, 2.05) is 30.3 Å². The van der Waals surface area contributed by atoms with Crippen LogP contribution in [0, 0.1) is 23.2 Å². The number of nitrogens with one attached hydrogen (secondary N) is 1. The van der Waals surface area contributed by atoms with Crippen molar-refractivity contribution in [1.29, 1.82) is 5.26 Å². The van der Waals surface area contributed by atoms with E-state index in [0.717, 1.165) is 23.8 Å². The molecule has 1 saturated carbocycles. The van der Waals surface area contributed by atoms with Crippen LogP contribution in [-0.4, -0.2) is 12.5 Å². The first-order valence-electron chi connectivity index (χ1n) is 7.93. The van der Waals surface area contributed by atoms with Crippen LogP contribution in [-0.2, 0) is 4.79 Å². The van der Waals surface area contributed by atoms with Gasteiger partial charge >= 0.3 is 0 Å². The maximum atomic E-state index is 12.1. The lowest BCUT2D eigenvalue weighted by molar-refractivity contribution is -0.121. The maximum absolute atomic E-state index is 12.1. The number of carbonyl (C=O) groups excluding carboxylic acids is 1. The predicted molar refractivity (Wildman–Crippen MR) is 83.5 cm³/mol. The van der Waals surface area contributed by atoms with E-state index >= 15 is 0 Å². The standard InChI is InChI=1S/C18H24N2O/c1-14-6-5-7-15(12-14)10-11-20-18(21)17(13-19)16-8-3-2-4-9-16/h2-4,8-9,14-15,17H,5-7,10-12H2,1H3,(H,20,21). The molecule has 3 unspecified atom stereocenters. The van der Waals surface area contributed by atoms with Gasteiger partial charge in [0.05, 0.1) is 6.07 Å². The molecular formula is C18H24N2O. The van der Waals surface area contributed by atoms with Crippen LogP contribution in [0.4, 0.5) is 0 Å². The highest BCUT2D eigenvalue weighted by molar-refractivity contribution is 5.86. The van der Waals surface area contributed by atoms with E-state index in [4.69, 9.17) is 0 Å². The van der Waals surface area contributed by atoms with E-state index < -0.39 is 5.92 Å². The number of benzene rings is 1. The van der Waals surface area contributed by atoms with Crippen molar-refractivity contribution in [2.45, 2.75) is 44.9 Å². The Morgan fingerprint density at radius 3 is 2.81 bits per heavy atom. The van der Waals surface area contributed by atoms with Crippen molar-refractivity contribution >= 4 is 5.91 Å². The molecule has 0 spiro atoms. The van der Waals surface area contributed by atoms with E-state index in [1.165, 1.54) is 25.7 Å². The molecular weight excluding hydrogens is 260 g/mol. The second kappa shape index (κ2) is 7.83. The highest BCUT2D eigenvalue weighted by Crippen LogP contribution is 2.30. The second-order valence-corrected chi connectivity index (χ2v) is 6.19. The summed E-state index contributed by atoms with van der Waals surface area (Å²) in [4.78, 5) is 12.1. The number of nitriles is 1. The largest absolute Gasteiger partial charge is 0.355 e. The van der Waals surface area contributed by atoms with Crippen LogP contribution in [0.3, 0.4) is 0 Å². The second-order valence-electron chi connectivity index (χ2n) is 6.19. The topological polar surface area (TPSA) is 52.9 Å². The van der Waals surface area contributed by atoms with E-state index in [9.17, 15) is 10.1 Å². The summed E-state index contributed by atoms with van der Waals surface area (Å²) in [5.41, 5.74) is 0.767. The quantitative estimate of drug-likeness (QED) is 0.897. The third-order valence-electron chi connectivity index (χ3n) is 4.42. The van der Waals surface area contributed by atoms with Crippen LogP contribution in [0.5, 0.6) is 0 Å². The summed E-state index contributed by atoms with van der Waals surface area (Å²) in [5, 5.41) is 12.2. The summed E-state index contributed by atoms with van der Waals surface area (Å²) in [6.07, 6.45) is 6.23. The first-order chi connectivity index (χ1) is 10.2. The Balaban J connectivity index is 1.80. The van der Waals surface area contributed by atoms with Gasteiger partial charge in [-0.1, -0.05) is 56.5 Å². The monoisotopic (exact) mass is 284 g/mol. The zero-order chi connectivity index (χ0) is 15.1. The Morgan fingerprint density at radius 2 is 2.14 bits per heavy atom. The molecule has 3 heteroatoms. The molecule has 0 aliphatic heterocycles. The molecule has 0 aromatic heterocycles. The first-order valence-corrected chi connectivity index (χ1v) is 7.93. The average Bonchev–Trinajstić information content (AvgIpc) is 2.49. The van der Waals surface area contributed by atoms with E-state index in [2.05, 4.69) is 18.3 Å². The van der Waals surface area contributed by atoms with Gasteiger partial charge in [0.1, 0.15) is 5.92 Å². The zero-order valence-electron chi connectivity index (χ0n) is 12.7. The average molecular weight is 284 g/mol. The van der Waals surface area contributed by atoms with Crippen LogP contribution in [0.2, 0.25) is 0 Å². The van der Waals surface area contributed by atoms with Gasteiger partial charge in [0.25, 0.3) is 0 Å². The summed E-state index contributed by atoms with van der Waals surface area (Å²) < 4.78 is 0. The molecule has 112 valence electrons. The Hall–Kier alpha value is -1.82. The molecule has 1 N–H and O–H groups in total. The van der Waals surface area contributed by atoms with Crippen molar-refractivity contribution in [3.8, 4) is 6.07 Å². The van der Waals surface area contributed by atoms with Gasteiger partial charge in [-0.2, -0.15) is 5.26 Å². The molecule has 0 heterocycles. The van der Waals surface area contributed by atoms with Crippen molar-refractivity contribution in [2.24, 2.45) is 11.8 Å². The zero-order valence-corrected chi connectivity index (χ0v) is 12.7. The summed E-state index contributed by atoms with van der Waals surface area (Å²) in [5.74, 6) is 0.672. The van der Waals surface area contributed by atoms with Gasteiger partial charge in [-0.25, -0.2) is 0 Å². The molecule has 1 fully saturated rings. The fourth-order valence-corrected chi connectivity index (χ4v) is 3.25. The van der Waals surface area contributed by atoms with Crippen molar-refractivity contribution < 1.29 is 4.79 Å². The van der Waals surface area contributed by atoms with Gasteiger partial charge in [-0.05, 0) is 30.2 Å². The molecule has 21 heavy (non-hydrogen) atoms. The number of carbonyl (C=O) groups is 1. The molecule has 1 aromatic rings. The van der Waals surface area contributed by atoms with Crippen LogP contribution in [0.1, 0.15) is 50.5 Å². The lowest BCUT2D eigenvalue weighted by atomic mass is 9.81. The highest BCUT2D eigenvalue weighted by Gasteiger charge is 2.21. The molecule has 0 radical (unpaired) electrons. The Bertz CT molecular complexity index is 492. The van der Waals surface area contributed by atoms with Crippen molar-refractivity contribution in [1.82, 2.24) is 5.32 Å². The molecule has 1 aromatic carbocycles. The van der Waals surface area contributed by atoms with E-state index in [-0.39, 0.29) is 5.91 Å². The van der Waals surface area contributed by atoms with Gasteiger partial charge in [0.2, 0.25) is 5.91 Å². The minimum absolute atomic E-state index is 0.174. The molecule has 0 saturated heterocycles. The number of nitrogens with zero attached hydrogens (tertiary/aromatic N) is 1. The van der Waals surface area contributed by atoms with Gasteiger partial charge in [0, 0.05) is 6.54 Å². The molecule has 3 nitrogen and oxygen atoms in total. The fraction of sp³-hybridized carbons (Fsp3) is 0.556. The predicted octanol–water partition coefficient (Wildman–Crippen LogP) is 3.63. The number of rotatable bonds is 5.